The average molecular weight is 437 g/mol. The van der Waals surface area contributed by atoms with Crippen LogP contribution in [0.15, 0.2) is 59.6 Å². The fraction of sp³-hybridized carbons (Fsp3) is 0.500. The molecule has 6 nitrogen and oxygen atoms in total. The van der Waals surface area contributed by atoms with Gasteiger partial charge >= 0.3 is 0 Å². The molecule has 0 bridgehead atoms. The van der Waals surface area contributed by atoms with Crippen molar-refractivity contribution in [1.29, 1.82) is 0 Å². The van der Waals surface area contributed by atoms with Crippen LogP contribution in [0.1, 0.15) is 17.5 Å². The molecule has 2 aromatic carbocycles. The minimum absolute atomic E-state index is 0.830. The third kappa shape index (κ3) is 7.93. The van der Waals surface area contributed by atoms with E-state index in [0.717, 1.165) is 82.4 Å². The lowest BCUT2D eigenvalue weighted by atomic mass is 10.1. The maximum atomic E-state index is 4.93. The Balaban J connectivity index is 1.48. The van der Waals surface area contributed by atoms with Crippen molar-refractivity contribution in [2.24, 2.45) is 4.99 Å². The van der Waals surface area contributed by atoms with Crippen LogP contribution in [-0.2, 0) is 6.54 Å². The summed E-state index contributed by atoms with van der Waals surface area (Å²) >= 11 is 0. The summed E-state index contributed by atoms with van der Waals surface area (Å²) < 4.78 is 0. The summed E-state index contributed by atoms with van der Waals surface area (Å²) in [7, 11) is 6.19. The number of aliphatic imine (C=N–C) groups is 1. The van der Waals surface area contributed by atoms with Crippen LogP contribution in [0.25, 0.3) is 0 Å². The van der Waals surface area contributed by atoms with E-state index in [-0.39, 0.29) is 0 Å². The topological polar surface area (TPSA) is 46.1 Å². The van der Waals surface area contributed by atoms with Gasteiger partial charge in [-0.2, -0.15) is 0 Å². The number of rotatable bonds is 11. The summed E-state index contributed by atoms with van der Waals surface area (Å²) in [6.45, 7) is 9.38. The van der Waals surface area contributed by atoms with Gasteiger partial charge < -0.3 is 15.5 Å². The van der Waals surface area contributed by atoms with Gasteiger partial charge in [-0.1, -0.05) is 42.5 Å². The van der Waals surface area contributed by atoms with Crippen molar-refractivity contribution < 1.29 is 0 Å². The van der Waals surface area contributed by atoms with Gasteiger partial charge in [0.15, 0.2) is 0 Å². The van der Waals surface area contributed by atoms with Crippen LogP contribution in [0.5, 0.6) is 0 Å². The van der Waals surface area contributed by atoms with Crippen molar-refractivity contribution in [3.63, 3.8) is 0 Å². The summed E-state index contributed by atoms with van der Waals surface area (Å²) in [5.41, 5.74) is 3.66. The van der Waals surface area contributed by atoms with E-state index in [2.05, 4.69) is 94.0 Å². The van der Waals surface area contributed by atoms with Gasteiger partial charge in [-0.05, 0) is 44.8 Å². The zero-order valence-corrected chi connectivity index (χ0v) is 20.1. The Morgan fingerprint density at radius 3 is 2.34 bits per heavy atom. The molecule has 0 aliphatic carbocycles. The molecule has 174 valence electrons. The Labute approximate surface area is 194 Å². The fourth-order valence-corrected chi connectivity index (χ4v) is 4.07. The van der Waals surface area contributed by atoms with Crippen molar-refractivity contribution in [2.45, 2.75) is 13.0 Å². The van der Waals surface area contributed by atoms with Crippen molar-refractivity contribution in [1.82, 2.24) is 20.0 Å². The van der Waals surface area contributed by atoms with Gasteiger partial charge in [-0.15, -0.1) is 0 Å². The molecule has 0 atom stereocenters. The highest BCUT2D eigenvalue weighted by molar-refractivity contribution is 6.03. The Hall–Kier alpha value is -2.41. The molecule has 2 N–H and O–H groups in total. The molecule has 0 saturated carbocycles. The van der Waals surface area contributed by atoms with Crippen LogP contribution < -0.4 is 10.6 Å². The number of amidine groups is 1. The van der Waals surface area contributed by atoms with Crippen LogP contribution >= 0.6 is 0 Å². The van der Waals surface area contributed by atoms with Crippen LogP contribution in [0.4, 0.5) is 5.69 Å². The number of hydrogen-bond donors (Lipinski definition) is 2. The molecule has 1 aliphatic heterocycles. The second-order valence-electron chi connectivity index (χ2n) is 8.71. The smallest absolute Gasteiger partial charge is 0.130 e. The molecule has 32 heavy (non-hydrogen) atoms. The molecule has 1 aliphatic rings. The molecule has 0 aromatic heterocycles. The summed E-state index contributed by atoms with van der Waals surface area (Å²) in [6, 6.07) is 19.2. The van der Waals surface area contributed by atoms with Crippen molar-refractivity contribution in [2.75, 3.05) is 78.8 Å². The number of nitrogens with one attached hydrogen (secondary N) is 2. The monoisotopic (exact) mass is 436 g/mol. The van der Waals surface area contributed by atoms with E-state index >= 15 is 0 Å². The lowest BCUT2D eigenvalue weighted by molar-refractivity contribution is 0.129. The SMILES string of the molecule is CNc1ccccc1C(=NCCCN(C)C)NCCN1CCN(Cc2ccccc2)CC1. The lowest BCUT2D eigenvalue weighted by Gasteiger charge is -2.34. The molecule has 0 spiro atoms. The molecule has 0 unspecified atom stereocenters. The van der Waals surface area contributed by atoms with Crippen LogP contribution in [0.3, 0.4) is 0 Å². The number of hydrogen-bond acceptors (Lipinski definition) is 5. The zero-order valence-electron chi connectivity index (χ0n) is 20.1. The maximum absolute atomic E-state index is 4.93. The molecular formula is C26H40N6. The van der Waals surface area contributed by atoms with E-state index < -0.39 is 0 Å². The molecule has 0 radical (unpaired) electrons. The predicted molar refractivity (Wildman–Crippen MR) is 137 cm³/mol. The highest BCUT2D eigenvalue weighted by Gasteiger charge is 2.17. The third-order valence-electron chi connectivity index (χ3n) is 5.92. The molecular weight excluding hydrogens is 396 g/mol. The summed E-state index contributed by atoms with van der Waals surface area (Å²) in [5, 5.41) is 6.94. The minimum atomic E-state index is 0.830. The Morgan fingerprint density at radius 2 is 1.62 bits per heavy atom. The first-order chi connectivity index (χ1) is 15.7. The van der Waals surface area contributed by atoms with Gasteiger partial charge in [0.1, 0.15) is 5.84 Å². The lowest BCUT2D eigenvalue weighted by Crippen LogP contribution is -2.48. The van der Waals surface area contributed by atoms with Gasteiger partial charge in [0.05, 0.1) is 0 Å². The first-order valence-electron chi connectivity index (χ1n) is 11.8. The van der Waals surface area contributed by atoms with Gasteiger partial charge in [0.25, 0.3) is 0 Å². The second-order valence-corrected chi connectivity index (χ2v) is 8.71. The van der Waals surface area contributed by atoms with Gasteiger partial charge in [0, 0.05) is 70.7 Å². The van der Waals surface area contributed by atoms with Crippen molar-refractivity contribution in [3.8, 4) is 0 Å². The van der Waals surface area contributed by atoms with E-state index in [9.17, 15) is 0 Å². The Morgan fingerprint density at radius 1 is 0.938 bits per heavy atom. The maximum Gasteiger partial charge on any atom is 0.130 e. The van der Waals surface area contributed by atoms with E-state index in [4.69, 9.17) is 4.99 Å². The largest absolute Gasteiger partial charge is 0.388 e. The van der Waals surface area contributed by atoms with Crippen molar-refractivity contribution >= 4 is 11.5 Å². The van der Waals surface area contributed by atoms with Crippen LogP contribution in [0.2, 0.25) is 0 Å². The highest BCUT2D eigenvalue weighted by Crippen LogP contribution is 2.15. The van der Waals surface area contributed by atoms with Crippen molar-refractivity contribution in [3.05, 3.63) is 65.7 Å². The third-order valence-corrected chi connectivity index (χ3v) is 5.92. The van der Waals surface area contributed by atoms with Gasteiger partial charge in [-0.3, -0.25) is 14.8 Å². The van der Waals surface area contributed by atoms with E-state index in [1.54, 1.807) is 0 Å². The molecule has 0 amide bonds. The molecule has 6 heteroatoms. The minimum Gasteiger partial charge on any atom is -0.388 e. The summed E-state index contributed by atoms with van der Waals surface area (Å²) in [6.07, 6.45) is 1.06. The van der Waals surface area contributed by atoms with Crippen LogP contribution in [-0.4, -0.2) is 94.0 Å². The average Bonchev–Trinajstić information content (AvgIpc) is 2.82. The summed E-state index contributed by atoms with van der Waals surface area (Å²) in [5.74, 6) is 0.997. The number of para-hydroxylation sites is 1. The van der Waals surface area contributed by atoms with Crippen LogP contribution in [0, 0.1) is 0 Å². The molecule has 1 heterocycles. The predicted octanol–water partition coefficient (Wildman–Crippen LogP) is 2.83. The molecule has 1 saturated heterocycles. The normalized spacial score (nSPS) is 15.8. The van der Waals surface area contributed by atoms with E-state index in [1.807, 2.05) is 7.05 Å². The first-order valence-corrected chi connectivity index (χ1v) is 11.8. The van der Waals surface area contributed by atoms with E-state index in [0.29, 0.717) is 0 Å². The number of piperazine rings is 1. The molecule has 1 fully saturated rings. The number of anilines is 1. The molecule has 2 aromatic rings. The Bertz CT molecular complexity index is 812. The van der Waals surface area contributed by atoms with E-state index in [1.165, 1.54) is 5.56 Å². The standard InChI is InChI=1S/C26H40N6/c1-27-25-13-8-7-12-24(25)26(28-14-9-16-30(2)3)29-15-17-31-18-20-32(21-19-31)22-23-10-5-4-6-11-23/h4-8,10-13,27H,9,14-22H2,1-3H3,(H,28,29). The Kier molecular flexibility index (Phi) is 10.0. The fourth-order valence-electron chi connectivity index (χ4n) is 4.07. The highest BCUT2D eigenvalue weighted by atomic mass is 15.3. The van der Waals surface area contributed by atoms with Gasteiger partial charge in [-0.25, -0.2) is 0 Å². The molecule has 3 rings (SSSR count). The first kappa shape index (κ1) is 24.2. The van der Waals surface area contributed by atoms with Gasteiger partial charge in [0.2, 0.25) is 0 Å². The second kappa shape index (κ2) is 13.2. The number of nitrogens with zero attached hydrogens (tertiary/aromatic N) is 4. The number of benzene rings is 2. The zero-order chi connectivity index (χ0) is 22.6. The quantitative estimate of drug-likeness (QED) is 0.322. The summed E-state index contributed by atoms with van der Waals surface area (Å²) in [4.78, 5) is 12.3.